The van der Waals surface area contributed by atoms with Gasteiger partial charge in [-0.1, -0.05) is 61.9 Å². The Hall–Kier alpha value is -3.11. The van der Waals surface area contributed by atoms with Gasteiger partial charge in [-0.2, -0.15) is 0 Å². The number of Topliss-reactive ketones (excluding diaryl/α,β-unsaturated/α-hetero) is 1. The first-order valence-electron chi connectivity index (χ1n) is 10.4. The van der Waals surface area contributed by atoms with Crippen LogP contribution in [0, 0.1) is 0 Å². The lowest BCUT2D eigenvalue weighted by molar-refractivity contribution is 0.0990. The molecule has 0 atom stereocenters. The van der Waals surface area contributed by atoms with Crippen LogP contribution < -0.4 is 14.8 Å². The first kappa shape index (κ1) is 21.6. The lowest BCUT2D eigenvalue weighted by Crippen LogP contribution is -2.22. The number of methoxy groups -OCH3 is 1. The van der Waals surface area contributed by atoms with Gasteiger partial charge in [0.1, 0.15) is 11.5 Å². The molecule has 3 aromatic rings. The summed E-state index contributed by atoms with van der Waals surface area (Å²) in [5, 5.41) is 3.25. The smallest absolute Gasteiger partial charge is 0.176 e. The highest BCUT2D eigenvalue weighted by Gasteiger charge is 2.09. The molecule has 0 aliphatic heterocycles. The van der Waals surface area contributed by atoms with Crippen molar-refractivity contribution in [2.24, 2.45) is 0 Å². The molecule has 0 radical (unpaired) electrons. The minimum Gasteiger partial charge on any atom is -0.497 e. The van der Waals surface area contributed by atoms with Crippen LogP contribution in [0.5, 0.6) is 11.5 Å². The lowest BCUT2D eigenvalue weighted by Gasteiger charge is -2.12. The van der Waals surface area contributed by atoms with Crippen LogP contribution in [0.15, 0.2) is 72.8 Å². The van der Waals surface area contributed by atoms with E-state index in [0.717, 1.165) is 41.9 Å². The van der Waals surface area contributed by atoms with Gasteiger partial charge in [0.2, 0.25) is 0 Å². The number of ether oxygens (including phenoxy) is 2. The fraction of sp³-hybridized carbons (Fsp3) is 0.269. The van der Waals surface area contributed by atoms with Crippen LogP contribution in [0.25, 0.3) is 11.1 Å². The molecule has 0 saturated carbocycles. The Labute approximate surface area is 178 Å². The van der Waals surface area contributed by atoms with Gasteiger partial charge in [-0.25, -0.2) is 0 Å². The highest BCUT2D eigenvalue weighted by molar-refractivity contribution is 5.97. The Morgan fingerprint density at radius 1 is 0.967 bits per heavy atom. The summed E-state index contributed by atoms with van der Waals surface area (Å²) in [6.45, 7) is 3.77. The number of benzene rings is 3. The number of unbranched alkanes of at least 4 members (excludes halogenated alkanes) is 1. The summed E-state index contributed by atoms with van der Waals surface area (Å²) in [5.41, 5.74) is 3.96. The monoisotopic (exact) mass is 403 g/mol. The van der Waals surface area contributed by atoms with Crippen molar-refractivity contribution in [1.82, 2.24) is 5.32 Å². The van der Waals surface area contributed by atoms with E-state index < -0.39 is 0 Å². The van der Waals surface area contributed by atoms with Crippen LogP contribution in [0.3, 0.4) is 0 Å². The van der Waals surface area contributed by atoms with Crippen molar-refractivity contribution in [2.75, 3.05) is 20.3 Å². The van der Waals surface area contributed by atoms with Crippen LogP contribution >= 0.6 is 0 Å². The number of nitrogens with one attached hydrogen (secondary N) is 1. The Kier molecular flexibility index (Phi) is 8.04. The van der Waals surface area contributed by atoms with Gasteiger partial charge in [-0.3, -0.25) is 4.79 Å². The first-order valence-corrected chi connectivity index (χ1v) is 10.4. The molecule has 0 aliphatic rings. The molecular formula is C26H29NO3. The average Bonchev–Trinajstić information content (AvgIpc) is 2.80. The second-order valence-corrected chi connectivity index (χ2v) is 7.16. The number of carbonyl (C=O) groups is 1. The quantitative estimate of drug-likeness (QED) is 0.339. The standard InChI is InChI=1S/C26H29NO3/c1-3-4-15-30-26-14-6-5-13-24(26)21-10-7-9-20(16-21)18-27-19-25(28)22-11-8-12-23(17-22)29-2/h5-14,16-17,27H,3-4,15,18-19H2,1-2H3. The van der Waals surface area contributed by atoms with Crippen molar-refractivity contribution in [3.05, 3.63) is 83.9 Å². The summed E-state index contributed by atoms with van der Waals surface area (Å²) in [5.74, 6) is 1.64. The van der Waals surface area contributed by atoms with Gasteiger partial charge in [0.25, 0.3) is 0 Å². The maximum absolute atomic E-state index is 12.4. The predicted octanol–water partition coefficient (Wildman–Crippen LogP) is 5.51. The summed E-state index contributed by atoms with van der Waals surface area (Å²) >= 11 is 0. The van der Waals surface area contributed by atoms with E-state index >= 15 is 0 Å². The molecule has 0 aliphatic carbocycles. The van der Waals surface area contributed by atoms with Gasteiger partial charge in [0.15, 0.2) is 5.78 Å². The van der Waals surface area contributed by atoms with E-state index in [-0.39, 0.29) is 12.3 Å². The second-order valence-electron chi connectivity index (χ2n) is 7.16. The summed E-state index contributed by atoms with van der Waals surface area (Å²) in [4.78, 5) is 12.4. The number of para-hydroxylation sites is 1. The van der Waals surface area contributed by atoms with Crippen molar-refractivity contribution in [1.29, 1.82) is 0 Å². The summed E-state index contributed by atoms with van der Waals surface area (Å²) in [6.07, 6.45) is 2.15. The van der Waals surface area contributed by atoms with Crippen LogP contribution in [-0.2, 0) is 6.54 Å². The topological polar surface area (TPSA) is 47.6 Å². The molecule has 0 bridgehead atoms. The largest absolute Gasteiger partial charge is 0.497 e. The highest BCUT2D eigenvalue weighted by atomic mass is 16.5. The minimum atomic E-state index is 0.0414. The molecule has 0 aromatic heterocycles. The third-order valence-electron chi connectivity index (χ3n) is 4.89. The molecule has 3 rings (SSSR count). The second kappa shape index (κ2) is 11.2. The van der Waals surface area contributed by atoms with E-state index in [2.05, 4.69) is 36.5 Å². The van der Waals surface area contributed by atoms with Crippen molar-refractivity contribution < 1.29 is 14.3 Å². The number of hydrogen-bond donors (Lipinski definition) is 1. The van der Waals surface area contributed by atoms with Crippen LogP contribution in [-0.4, -0.2) is 26.0 Å². The lowest BCUT2D eigenvalue weighted by atomic mass is 10.0. The molecule has 4 nitrogen and oxygen atoms in total. The number of rotatable bonds is 11. The van der Waals surface area contributed by atoms with E-state index in [0.29, 0.717) is 17.9 Å². The molecule has 1 N–H and O–H groups in total. The molecule has 0 fully saturated rings. The highest BCUT2D eigenvalue weighted by Crippen LogP contribution is 2.30. The molecule has 3 aromatic carbocycles. The number of carbonyl (C=O) groups excluding carboxylic acids is 1. The normalized spacial score (nSPS) is 10.6. The third kappa shape index (κ3) is 5.94. The Bertz CT molecular complexity index is 968. The van der Waals surface area contributed by atoms with Crippen molar-refractivity contribution in [2.45, 2.75) is 26.3 Å². The zero-order valence-electron chi connectivity index (χ0n) is 17.7. The van der Waals surface area contributed by atoms with Crippen molar-refractivity contribution in [3.63, 3.8) is 0 Å². The molecule has 0 spiro atoms. The van der Waals surface area contributed by atoms with Gasteiger partial charge in [0.05, 0.1) is 20.3 Å². The summed E-state index contributed by atoms with van der Waals surface area (Å²) in [7, 11) is 1.60. The van der Waals surface area contributed by atoms with E-state index in [4.69, 9.17) is 9.47 Å². The molecule has 4 heteroatoms. The van der Waals surface area contributed by atoms with E-state index in [1.54, 1.807) is 13.2 Å². The molecular weight excluding hydrogens is 374 g/mol. The molecule has 0 saturated heterocycles. The van der Waals surface area contributed by atoms with Crippen molar-refractivity contribution >= 4 is 5.78 Å². The Balaban J connectivity index is 1.63. The van der Waals surface area contributed by atoms with E-state index in [1.807, 2.05) is 42.5 Å². The summed E-state index contributed by atoms with van der Waals surface area (Å²) in [6, 6.07) is 23.7. The zero-order valence-corrected chi connectivity index (χ0v) is 17.7. The van der Waals surface area contributed by atoms with Crippen molar-refractivity contribution in [3.8, 4) is 22.6 Å². The van der Waals surface area contributed by atoms with Gasteiger partial charge in [-0.05, 0) is 41.8 Å². The SMILES string of the molecule is CCCCOc1ccccc1-c1cccc(CNCC(=O)c2cccc(OC)c2)c1. The zero-order chi connectivity index (χ0) is 21.2. The maximum atomic E-state index is 12.4. The van der Waals surface area contributed by atoms with Gasteiger partial charge < -0.3 is 14.8 Å². The Morgan fingerprint density at radius 2 is 1.80 bits per heavy atom. The fourth-order valence-corrected chi connectivity index (χ4v) is 3.23. The molecule has 156 valence electrons. The van der Waals surface area contributed by atoms with Gasteiger partial charge in [0, 0.05) is 17.7 Å². The molecule has 30 heavy (non-hydrogen) atoms. The first-order chi connectivity index (χ1) is 14.7. The van der Waals surface area contributed by atoms with E-state index in [9.17, 15) is 4.79 Å². The van der Waals surface area contributed by atoms with Crippen LogP contribution in [0.4, 0.5) is 0 Å². The minimum absolute atomic E-state index is 0.0414. The van der Waals surface area contributed by atoms with Gasteiger partial charge in [-0.15, -0.1) is 0 Å². The Morgan fingerprint density at radius 3 is 2.63 bits per heavy atom. The van der Waals surface area contributed by atoms with Crippen LogP contribution in [0.2, 0.25) is 0 Å². The van der Waals surface area contributed by atoms with E-state index in [1.165, 1.54) is 0 Å². The maximum Gasteiger partial charge on any atom is 0.176 e. The summed E-state index contributed by atoms with van der Waals surface area (Å²) < 4.78 is 11.2. The average molecular weight is 404 g/mol. The fourth-order valence-electron chi connectivity index (χ4n) is 3.23. The molecule has 0 heterocycles. The van der Waals surface area contributed by atoms with Crippen LogP contribution in [0.1, 0.15) is 35.7 Å². The number of hydrogen-bond acceptors (Lipinski definition) is 4. The third-order valence-corrected chi connectivity index (χ3v) is 4.89. The molecule has 0 unspecified atom stereocenters. The molecule has 0 amide bonds. The number of ketones is 1. The predicted molar refractivity (Wildman–Crippen MR) is 121 cm³/mol. The van der Waals surface area contributed by atoms with Gasteiger partial charge >= 0.3 is 0 Å².